The van der Waals surface area contributed by atoms with E-state index in [2.05, 4.69) is 25.3 Å². The van der Waals surface area contributed by atoms with Crippen molar-refractivity contribution in [2.75, 3.05) is 17.7 Å². The number of carbonyl (C=O) groups is 1. The maximum atomic E-state index is 12.0. The predicted octanol–water partition coefficient (Wildman–Crippen LogP) is 3.03. The van der Waals surface area contributed by atoms with Gasteiger partial charge in [-0.15, -0.1) is 13.2 Å². The number of anilines is 2. The molecule has 7 nitrogen and oxygen atoms in total. The van der Waals surface area contributed by atoms with Crippen molar-refractivity contribution in [2.45, 2.75) is 6.36 Å². The topological polar surface area (TPSA) is 85.4 Å². The van der Waals surface area contributed by atoms with Gasteiger partial charge in [0.2, 0.25) is 0 Å². The molecule has 0 bridgehead atoms. The fourth-order valence-corrected chi connectivity index (χ4v) is 1.52. The standard InChI is InChI=1S/C13H11F3N4O3/c1-22-12-17-6-9(7-18-12)20-11(21)19-8-2-4-10(5-3-8)23-13(14,15)16/h2-7H,1H3,(H2,19,20,21). The van der Waals surface area contributed by atoms with E-state index in [1.807, 2.05) is 0 Å². The van der Waals surface area contributed by atoms with Gasteiger partial charge in [-0.1, -0.05) is 0 Å². The SMILES string of the molecule is COc1ncc(NC(=O)Nc2ccc(OC(F)(F)F)cc2)cn1. The van der Waals surface area contributed by atoms with Crippen molar-refractivity contribution in [3.8, 4) is 11.8 Å². The molecule has 0 saturated heterocycles. The zero-order chi connectivity index (χ0) is 16.9. The number of amides is 2. The van der Waals surface area contributed by atoms with Gasteiger partial charge in [0.25, 0.3) is 0 Å². The van der Waals surface area contributed by atoms with Gasteiger partial charge < -0.3 is 20.1 Å². The number of aromatic nitrogens is 2. The number of halogens is 3. The monoisotopic (exact) mass is 328 g/mol. The minimum atomic E-state index is -4.76. The van der Waals surface area contributed by atoms with Crippen molar-refractivity contribution in [3.05, 3.63) is 36.7 Å². The van der Waals surface area contributed by atoms with Crippen LogP contribution < -0.4 is 20.1 Å². The highest BCUT2D eigenvalue weighted by molar-refractivity contribution is 5.99. The molecule has 0 radical (unpaired) electrons. The van der Waals surface area contributed by atoms with Crippen LogP contribution in [0.15, 0.2) is 36.7 Å². The van der Waals surface area contributed by atoms with Crippen molar-refractivity contribution in [2.24, 2.45) is 0 Å². The summed E-state index contributed by atoms with van der Waals surface area (Å²) in [6, 6.07) is 4.25. The second-order valence-corrected chi connectivity index (χ2v) is 4.11. The fraction of sp³-hybridized carbons (Fsp3) is 0.154. The number of hydrogen-bond donors (Lipinski definition) is 2. The minimum Gasteiger partial charge on any atom is -0.467 e. The number of nitrogens with one attached hydrogen (secondary N) is 2. The van der Waals surface area contributed by atoms with Crippen molar-refractivity contribution in [3.63, 3.8) is 0 Å². The lowest BCUT2D eigenvalue weighted by molar-refractivity contribution is -0.274. The van der Waals surface area contributed by atoms with E-state index >= 15 is 0 Å². The largest absolute Gasteiger partial charge is 0.573 e. The quantitative estimate of drug-likeness (QED) is 0.901. The van der Waals surface area contributed by atoms with Gasteiger partial charge in [-0.3, -0.25) is 0 Å². The average Bonchev–Trinajstić information content (AvgIpc) is 2.48. The molecule has 1 heterocycles. The molecule has 23 heavy (non-hydrogen) atoms. The first-order valence-corrected chi connectivity index (χ1v) is 6.15. The van der Waals surface area contributed by atoms with Gasteiger partial charge in [0.05, 0.1) is 25.2 Å². The third-order valence-corrected chi connectivity index (χ3v) is 2.41. The normalized spacial score (nSPS) is 10.8. The fourth-order valence-electron chi connectivity index (χ4n) is 1.52. The Bertz CT molecular complexity index is 660. The van der Waals surface area contributed by atoms with Gasteiger partial charge in [0, 0.05) is 5.69 Å². The van der Waals surface area contributed by atoms with Crippen molar-refractivity contribution < 1.29 is 27.4 Å². The summed E-state index contributed by atoms with van der Waals surface area (Å²) in [4.78, 5) is 19.3. The van der Waals surface area contributed by atoms with Crippen LogP contribution in [-0.2, 0) is 0 Å². The molecular weight excluding hydrogens is 317 g/mol. The summed E-state index contributed by atoms with van der Waals surface area (Å²) < 4.78 is 44.6. The molecule has 0 saturated carbocycles. The Morgan fingerprint density at radius 2 is 1.61 bits per heavy atom. The predicted molar refractivity (Wildman–Crippen MR) is 74.4 cm³/mol. The third kappa shape index (κ3) is 5.34. The number of alkyl halides is 3. The molecule has 1 aromatic heterocycles. The molecule has 2 amide bonds. The van der Waals surface area contributed by atoms with E-state index in [9.17, 15) is 18.0 Å². The molecule has 2 N–H and O–H groups in total. The zero-order valence-corrected chi connectivity index (χ0v) is 11.7. The summed E-state index contributed by atoms with van der Waals surface area (Å²) in [5, 5.41) is 4.89. The second-order valence-electron chi connectivity index (χ2n) is 4.11. The number of nitrogens with zero attached hydrogens (tertiary/aromatic N) is 2. The van der Waals surface area contributed by atoms with Gasteiger partial charge in [-0.2, -0.15) is 0 Å². The molecule has 2 aromatic rings. The zero-order valence-electron chi connectivity index (χ0n) is 11.7. The van der Waals surface area contributed by atoms with E-state index in [-0.39, 0.29) is 17.4 Å². The Balaban J connectivity index is 1.91. The van der Waals surface area contributed by atoms with Crippen molar-refractivity contribution in [1.82, 2.24) is 9.97 Å². The van der Waals surface area contributed by atoms with Crippen LogP contribution in [-0.4, -0.2) is 29.5 Å². The Morgan fingerprint density at radius 1 is 1.04 bits per heavy atom. The number of hydrogen-bond acceptors (Lipinski definition) is 5. The molecular formula is C13H11F3N4O3. The van der Waals surface area contributed by atoms with Crippen molar-refractivity contribution in [1.29, 1.82) is 0 Å². The van der Waals surface area contributed by atoms with Crippen LogP contribution in [0.3, 0.4) is 0 Å². The number of carbonyl (C=O) groups excluding carboxylic acids is 1. The van der Waals surface area contributed by atoms with Gasteiger partial charge in [0.1, 0.15) is 5.75 Å². The summed E-state index contributed by atoms with van der Waals surface area (Å²) in [6.07, 6.45) is -2.09. The maximum absolute atomic E-state index is 12.0. The number of urea groups is 1. The third-order valence-electron chi connectivity index (χ3n) is 2.41. The van der Waals surface area contributed by atoms with Gasteiger partial charge in [0.15, 0.2) is 0 Å². The van der Waals surface area contributed by atoms with Gasteiger partial charge in [-0.25, -0.2) is 14.8 Å². The summed E-state index contributed by atoms with van der Waals surface area (Å²) in [6.45, 7) is 0. The van der Waals surface area contributed by atoms with Crippen molar-refractivity contribution >= 4 is 17.4 Å². The van der Waals surface area contributed by atoms with E-state index in [4.69, 9.17) is 4.74 Å². The Morgan fingerprint density at radius 3 is 2.13 bits per heavy atom. The summed E-state index contributed by atoms with van der Waals surface area (Å²) in [7, 11) is 1.40. The van der Waals surface area contributed by atoms with Crippen LogP contribution >= 0.6 is 0 Å². The van der Waals surface area contributed by atoms with E-state index in [0.717, 1.165) is 12.1 Å². The first kappa shape index (κ1) is 16.3. The molecule has 0 atom stereocenters. The van der Waals surface area contributed by atoms with E-state index in [1.54, 1.807) is 0 Å². The Kier molecular flexibility index (Phi) is 4.84. The molecule has 0 aliphatic heterocycles. The molecule has 122 valence electrons. The number of benzene rings is 1. The van der Waals surface area contributed by atoms with E-state index in [0.29, 0.717) is 5.69 Å². The van der Waals surface area contributed by atoms with Crippen LogP contribution in [0.5, 0.6) is 11.8 Å². The molecule has 0 aliphatic carbocycles. The maximum Gasteiger partial charge on any atom is 0.573 e. The molecule has 1 aromatic carbocycles. The molecule has 0 fully saturated rings. The summed E-state index contributed by atoms with van der Waals surface area (Å²) >= 11 is 0. The van der Waals surface area contributed by atoms with E-state index < -0.39 is 12.4 Å². The lowest BCUT2D eigenvalue weighted by atomic mass is 10.3. The average molecular weight is 328 g/mol. The van der Waals surface area contributed by atoms with Crippen LogP contribution in [0.25, 0.3) is 0 Å². The number of ether oxygens (including phenoxy) is 2. The highest BCUT2D eigenvalue weighted by atomic mass is 19.4. The van der Waals surface area contributed by atoms with Crippen LogP contribution in [0, 0.1) is 0 Å². The summed E-state index contributed by atoms with van der Waals surface area (Å²) in [5.41, 5.74) is 0.603. The molecule has 2 rings (SSSR count). The lowest BCUT2D eigenvalue weighted by Crippen LogP contribution is -2.20. The molecule has 0 aliphatic rings. The van der Waals surface area contributed by atoms with Crippen LogP contribution in [0.2, 0.25) is 0 Å². The first-order valence-electron chi connectivity index (χ1n) is 6.15. The minimum absolute atomic E-state index is 0.149. The number of methoxy groups -OCH3 is 1. The molecule has 10 heteroatoms. The lowest BCUT2D eigenvalue weighted by Gasteiger charge is -2.10. The van der Waals surface area contributed by atoms with Crippen LogP contribution in [0.4, 0.5) is 29.3 Å². The van der Waals surface area contributed by atoms with Gasteiger partial charge in [-0.05, 0) is 24.3 Å². The summed E-state index contributed by atoms with van der Waals surface area (Å²) in [5.74, 6) is -0.382. The Labute approximate surface area is 128 Å². The second kappa shape index (κ2) is 6.81. The highest BCUT2D eigenvalue weighted by Gasteiger charge is 2.30. The Hall–Kier alpha value is -3.04. The first-order chi connectivity index (χ1) is 10.9. The molecule has 0 unspecified atom stereocenters. The van der Waals surface area contributed by atoms with Gasteiger partial charge >= 0.3 is 18.4 Å². The highest BCUT2D eigenvalue weighted by Crippen LogP contribution is 2.24. The molecule has 0 spiro atoms. The van der Waals surface area contributed by atoms with Crippen LogP contribution in [0.1, 0.15) is 0 Å². The smallest absolute Gasteiger partial charge is 0.467 e. The van der Waals surface area contributed by atoms with E-state index in [1.165, 1.54) is 31.6 Å². The number of rotatable bonds is 4.